The van der Waals surface area contributed by atoms with Gasteiger partial charge in [0, 0.05) is 13.1 Å². The molecule has 2 rings (SSSR count). The lowest BCUT2D eigenvalue weighted by Crippen LogP contribution is -2.32. The van der Waals surface area contributed by atoms with Crippen LogP contribution in [0, 0.1) is 11.3 Å². The lowest BCUT2D eigenvalue weighted by Gasteiger charge is -2.14. The van der Waals surface area contributed by atoms with Gasteiger partial charge in [-0.3, -0.25) is 9.69 Å². The number of hydrogen-bond acceptors (Lipinski definition) is 4. The minimum atomic E-state index is -0.329. The molecule has 94 valence electrons. The summed E-state index contributed by atoms with van der Waals surface area (Å²) in [6, 6.07) is 8.93. The maximum atomic E-state index is 11.8. The SMILES string of the molecule is N#Cc1ccccc1NC(=O)CN1CC[C@@H](O)C1. The number of hydrogen-bond donors (Lipinski definition) is 2. The Morgan fingerprint density at radius 3 is 3.00 bits per heavy atom. The standard InChI is InChI=1S/C13H15N3O2/c14-7-10-3-1-2-4-12(10)15-13(18)9-16-6-5-11(17)8-16/h1-4,11,17H,5-6,8-9H2,(H,15,18)/t11-/m1/s1. The number of carbonyl (C=O) groups excluding carboxylic acids is 1. The van der Waals surface area contributed by atoms with Gasteiger partial charge in [0.1, 0.15) is 6.07 Å². The van der Waals surface area contributed by atoms with Crippen LogP contribution in [0.3, 0.4) is 0 Å². The molecule has 1 aliphatic rings. The number of nitrogens with zero attached hydrogens (tertiary/aromatic N) is 2. The van der Waals surface area contributed by atoms with Crippen LogP contribution >= 0.6 is 0 Å². The van der Waals surface area contributed by atoms with Crippen molar-refractivity contribution in [1.29, 1.82) is 5.26 Å². The Balaban J connectivity index is 1.93. The molecule has 2 N–H and O–H groups in total. The highest BCUT2D eigenvalue weighted by molar-refractivity contribution is 5.93. The van der Waals surface area contributed by atoms with E-state index in [1.165, 1.54) is 0 Å². The predicted octanol–water partition coefficient (Wildman–Crippen LogP) is 0.563. The van der Waals surface area contributed by atoms with Crippen LogP contribution in [-0.2, 0) is 4.79 Å². The van der Waals surface area contributed by atoms with E-state index in [2.05, 4.69) is 5.32 Å². The summed E-state index contributed by atoms with van der Waals surface area (Å²) >= 11 is 0. The summed E-state index contributed by atoms with van der Waals surface area (Å²) in [4.78, 5) is 13.7. The first-order chi connectivity index (χ1) is 8.69. The monoisotopic (exact) mass is 245 g/mol. The number of carbonyl (C=O) groups is 1. The Morgan fingerprint density at radius 1 is 1.56 bits per heavy atom. The van der Waals surface area contributed by atoms with Gasteiger partial charge < -0.3 is 10.4 Å². The Hall–Kier alpha value is -1.90. The van der Waals surface area contributed by atoms with Crippen LogP contribution < -0.4 is 5.32 Å². The summed E-state index contributed by atoms with van der Waals surface area (Å²) in [6.45, 7) is 1.51. The van der Waals surface area contributed by atoms with Crippen LogP contribution in [0.4, 0.5) is 5.69 Å². The van der Waals surface area contributed by atoms with E-state index in [-0.39, 0.29) is 18.6 Å². The van der Waals surface area contributed by atoms with E-state index in [9.17, 15) is 9.90 Å². The number of amides is 1. The van der Waals surface area contributed by atoms with Gasteiger partial charge in [0.15, 0.2) is 0 Å². The van der Waals surface area contributed by atoms with Crippen molar-refractivity contribution < 1.29 is 9.90 Å². The first-order valence-corrected chi connectivity index (χ1v) is 5.88. The summed E-state index contributed by atoms with van der Waals surface area (Å²) in [7, 11) is 0. The molecule has 0 bridgehead atoms. The molecule has 0 aromatic heterocycles. The maximum absolute atomic E-state index is 11.8. The zero-order valence-electron chi connectivity index (χ0n) is 9.97. The van der Waals surface area contributed by atoms with Gasteiger partial charge in [-0.2, -0.15) is 5.26 Å². The second-order valence-corrected chi connectivity index (χ2v) is 4.38. The molecule has 1 saturated heterocycles. The highest BCUT2D eigenvalue weighted by Crippen LogP contribution is 2.14. The van der Waals surface area contributed by atoms with Crippen molar-refractivity contribution >= 4 is 11.6 Å². The highest BCUT2D eigenvalue weighted by Gasteiger charge is 2.22. The fourth-order valence-corrected chi connectivity index (χ4v) is 2.04. The fraction of sp³-hybridized carbons (Fsp3) is 0.385. The van der Waals surface area contributed by atoms with Gasteiger partial charge >= 0.3 is 0 Å². The van der Waals surface area contributed by atoms with Crippen molar-refractivity contribution in [3.8, 4) is 6.07 Å². The number of nitrogens with one attached hydrogen (secondary N) is 1. The topological polar surface area (TPSA) is 76.4 Å². The number of likely N-dealkylation sites (tertiary alicyclic amines) is 1. The van der Waals surface area contributed by atoms with Crippen molar-refractivity contribution in [1.82, 2.24) is 4.90 Å². The van der Waals surface area contributed by atoms with Crippen LogP contribution in [0.1, 0.15) is 12.0 Å². The third-order valence-electron chi connectivity index (χ3n) is 2.94. The first kappa shape index (κ1) is 12.6. The average Bonchev–Trinajstić information content (AvgIpc) is 2.75. The average molecular weight is 245 g/mol. The molecule has 1 heterocycles. The molecule has 1 aromatic carbocycles. The summed E-state index contributed by atoms with van der Waals surface area (Å²) in [5, 5.41) is 21.0. The number of aliphatic hydroxyl groups is 1. The summed E-state index contributed by atoms with van der Waals surface area (Å²) in [6.07, 6.45) is 0.381. The van der Waals surface area contributed by atoms with E-state index in [0.29, 0.717) is 24.2 Å². The predicted molar refractivity (Wildman–Crippen MR) is 66.9 cm³/mol. The van der Waals surface area contributed by atoms with Crippen molar-refractivity contribution in [2.24, 2.45) is 0 Å². The zero-order chi connectivity index (χ0) is 13.0. The second kappa shape index (κ2) is 5.63. The van der Waals surface area contributed by atoms with Gasteiger partial charge in [-0.05, 0) is 18.6 Å². The molecule has 0 unspecified atom stereocenters. The molecule has 0 saturated carbocycles. The minimum absolute atomic E-state index is 0.160. The molecule has 5 heteroatoms. The normalized spacial score (nSPS) is 19.4. The Bertz CT molecular complexity index is 481. The third kappa shape index (κ3) is 3.06. The van der Waals surface area contributed by atoms with E-state index in [0.717, 1.165) is 6.54 Å². The second-order valence-electron chi connectivity index (χ2n) is 4.38. The molecule has 5 nitrogen and oxygen atoms in total. The van der Waals surface area contributed by atoms with Crippen LogP contribution in [-0.4, -0.2) is 41.7 Å². The molecule has 1 atom stereocenters. The third-order valence-corrected chi connectivity index (χ3v) is 2.94. The van der Waals surface area contributed by atoms with E-state index in [1.807, 2.05) is 11.0 Å². The number of anilines is 1. The van der Waals surface area contributed by atoms with Crippen LogP contribution in [0.5, 0.6) is 0 Å². The smallest absolute Gasteiger partial charge is 0.238 e. The molecule has 1 fully saturated rings. The summed E-state index contributed by atoms with van der Waals surface area (Å²) in [5.41, 5.74) is 0.983. The molecule has 1 aliphatic heterocycles. The van der Waals surface area contributed by atoms with E-state index in [1.54, 1.807) is 24.3 Å². The Labute approximate surface area is 106 Å². The number of aliphatic hydroxyl groups excluding tert-OH is 1. The molecule has 0 spiro atoms. The molecule has 18 heavy (non-hydrogen) atoms. The van der Waals surface area contributed by atoms with E-state index in [4.69, 9.17) is 5.26 Å². The highest BCUT2D eigenvalue weighted by atomic mass is 16.3. The summed E-state index contributed by atoms with van der Waals surface area (Å²) < 4.78 is 0. The van der Waals surface area contributed by atoms with Gasteiger partial charge in [0.2, 0.25) is 5.91 Å². The van der Waals surface area contributed by atoms with Crippen LogP contribution in [0.2, 0.25) is 0 Å². The van der Waals surface area contributed by atoms with Gasteiger partial charge in [-0.1, -0.05) is 12.1 Å². The molecule has 0 aliphatic carbocycles. The van der Waals surface area contributed by atoms with Gasteiger partial charge in [-0.15, -0.1) is 0 Å². The van der Waals surface area contributed by atoms with Crippen LogP contribution in [0.25, 0.3) is 0 Å². The number of benzene rings is 1. The molecule has 0 radical (unpaired) electrons. The van der Waals surface area contributed by atoms with Gasteiger partial charge in [-0.25, -0.2) is 0 Å². The van der Waals surface area contributed by atoms with Crippen molar-refractivity contribution in [3.63, 3.8) is 0 Å². The Kier molecular flexibility index (Phi) is 3.92. The molecule has 1 amide bonds. The van der Waals surface area contributed by atoms with E-state index >= 15 is 0 Å². The fourth-order valence-electron chi connectivity index (χ4n) is 2.04. The van der Waals surface area contributed by atoms with Crippen LogP contribution in [0.15, 0.2) is 24.3 Å². The molecular weight excluding hydrogens is 230 g/mol. The van der Waals surface area contributed by atoms with Crippen molar-refractivity contribution in [2.45, 2.75) is 12.5 Å². The van der Waals surface area contributed by atoms with E-state index < -0.39 is 0 Å². The lowest BCUT2D eigenvalue weighted by atomic mass is 10.2. The minimum Gasteiger partial charge on any atom is -0.392 e. The maximum Gasteiger partial charge on any atom is 0.238 e. The van der Waals surface area contributed by atoms with Gasteiger partial charge in [0.05, 0.1) is 23.9 Å². The number of para-hydroxylation sites is 1. The number of rotatable bonds is 3. The largest absolute Gasteiger partial charge is 0.392 e. The summed E-state index contributed by atoms with van der Waals surface area (Å²) in [5.74, 6) is -0.160. The zero-order valence-corrected chi connectivity index (χ0v) is 9.97. The molecule has 1 aromatic rings. The van der Waals surface area contributed by atoms with Crippen molar-refractivity contribution in [3.05, 3.63) is 29.8 Å². The van der Waals surface area contributed by atoms with Gasteiger partial charge in [0.25, 0.3) is 0 Å². The quantitative estimate of drug-likeness (QED) is 0.816. The molecular formula is C13H15N3O2. The lowest BCUT2D eigenvalue weighted by molar-refractivity contribution is -0.117. The van der Waals surface area contributed by atoms with Crippen molar-refractivity contribution in [2.75, 3.05) is 25.0 Å². The first-order valence-electron chi connectivity index (χ1n) is 5.88. The number of β-amino-alcohol motifs (C(OH)–C–C–N with tert-alkyl or cyclic N) is 1. The Morgan fingerprint density at radius 2 is 2.33 bits per heavy atom. The number of nitriles is 1.